The van der Waals surface area contributed by atoms with Crippen molar-refractivity contribution in [3.8, 4) is 16.9 Å². The van der Waals surface area contributed by atoms with Gasteiger partial charge in [0.2, 0.25) is 0 Å². The predicted octanol–water partition coefficient (Wildman–Crippen LogP) is 1.18. The van der Waals surface area contributed by atoms with E-state index in [2.05, 4.69) is 9.68 Å². The van der Waals surface area contributed by atoms with Crippen LogP contribution in [0.4, 0.5) is 0 Å². The van der Waals surface area contributed by atoms with Crippen molar-refractivity contribution in [1.29, 1.82) is 0 Å². The molecule has 7 nitrogen and oxygen atoms in total. The number of hydrogen-bond acceptors (Lipinski definition) is 6. The number of esters is 1. The van der Waals surface area contributed by atoms with Gasteiger partial charge in [-0.2, -0.15) is 0 Å². The molecular formula is C14H13NO6. The van der Waals surface area contributed by atoms with Crippen molar-refractivity contribution in [2.75, 3.05) is 13.7 Å². The first kappa shape index (κ1) is 14.6. The topological polar surface area (TPSA) is 98.6 Å². The Hall–Kier alpha value is -2.83. The molecule has 110 valence electrons. The van der Waals surface area contributed by atoms with Crippen LogP contribution in [0.25, 0.3) is 11.1 Å². The van der Waals surface area contributed by atoms with Crippen LogP contribution in [-0.4, -0.2) is 24.8 Å². The molecule has 21 heavy (non-hydrogen) atoms. The molecule has 1 N–H and O–H groups in total. The third-order valence-corrected chi connectivity index (χ3v) is 2.77. The van der Waals surface area contributed by atoms with Crippen LogP contribution in [0, 0.1) is 0 Å². The molecule has 0 unspecified atom stereocenters. The lowest BCUT2D eigenvalue weighted by Crippen LogP contribution is -2.28. The average Bonchev–Trinajstić information content (AvgIpc) is 2.50. The van der Waals surface area contributed by atoms with Gasteiger partial charge in [-0.15, -0.1) is 0 Å². The monoisotopic (exact) mass is 291 g/mol. The van der Waals surface area contributed by atoms with Crippen molar-refractivity contribution in [2.45, 2.75) is 6.92 Å². The summed E-state index contributed by atoms with van der Waals surface area (Å²) in [7, 11) is 1.50. The minimum absolute atomic E-state index is 0.0904. The van der Waals surface area contributed by atoms with E-state index in [1.807, 2.05) is 0 Å². The molecule has 1 aromatic carbocycles. The number of rotatable bonds is 4. The van der Waals surface area contributed by atoms with E-state index in [1.54, 1.807) is 31.2 Å². The van der Waals surface area contributed by atoms with Crippen LogP contribution in [0.15, 0.2) is 38.4 Å². The summed E-state index contributed by atoms with van der Waals surface area (Å²) in [5.41, 5.74) is -1.91. The maximum absolute atomic E-state index is 12.0. The van der Waals surface area contributed by atoms with Gasteiger partial charge in [-0.25, -0.2) is 14.7 Å². The molecule has 7 heteroatoms. The van der Waals surface area contributed by atoms with Crippen molar-refractivity contribution in [2.24, 2.45) is 0 Å². The van der Waals surface area contributed by atoms with Crippen molar-refractivity contribution >= 4 is 5.97 Å². The lowest BCUT2D eigenvalue weighted by Gasteiger charge is -2.07. The van der Waals surface area contributed by atoms with E-state index in [0.717, 1.165) is 0 Å². The first-order chi connectivity index (χ1) is 10.1. The zero-order chi connectivity index (χ0) is 15.4. The zero-order valence-corrected chi connectivity index (χ0v) is 11.5. The van der Waals surface area contributed by atoms with Crippen LogP contribution in [0.1, 0.15) is 17.4 Å². The molecule has 0 atom stereocenters. The number of methoxy groups -OCH3 is 1. The highest BCUT2D eigenvalue weighted by atomic mass is 16.5. The number of H-pyrrole nitrogens is 1. The average molecular weight is 291 g/mol. The number of benzene rings is 1. The fourth-order valence-corrected chi connectivity index (χ4v) is 1.79. The summed E-state index contributed by atoms with van der Waals surface area (Å²) in [6.45, 7) is 1.75. The van der Waals surface area contributed by atoms with Crippen LogP contribution in [0.3, 0.4) is 0 Å². The van der Waals surface area contributed by atoms with Crippen LogP contribution in [0.5, 0.6) is 5.75 Å². The first-order valence-electron chi connectivity index (χ1n) is 6.15. The smallest absolute Gasteiger partial charge is 0.403 e. The van der Waals surface area contributed by atoms with Gasteiger partial charge >= 0.3 is 11.6 Å². The summed E-state index contributed by atoms with van der Waals surface area (Å²) >= 11 is 0. The van der Waals surface area contributed by atoms with Gasteiger partial charge in [-0.3, -0.25) is 4.79 Å². The third-order valence-electron chi connectivity index (χ3n) is 2.77. The van der Waals surface area contributed by atoms with Crippen molar-refractivity contribution in [3.05, 3.63) is 50.6 Å². The Labute approximate surface area is 119 Å². The van der Waals surface area contributed by atoms with E-state index < -0.39 is 17.0 Å². The molecule has 0 saturated heterocycles. The maximum Gasteiger partial charge on any atom is 0.403 e. The van der Waals surface area contributed by atoms with Gasteiger partial charge in [0.1, 0.15) is 5.75 Å². The van der Waals surface area contributed by atoms with Gasteiger partial charge in [0.15, 0.2) is 5.69 Å². The van der Waals surface area contributed by atoms with Crippen LogP contribution < -0.4 is 15.8 Å². The van der Waals surface area contributed by atoms with E-state index in [-0.39, 0.29) is 17.9 Å². The molecule has 2 rings (SSSR count). The standard InChI is InChI=1S/C14H13NO6/c1-3-20-13(17)11-10(12(16)14(18)21-15-11)8-4-6-9(19-2)7-5-8/h4-7,15H,3H2,1-2H3. The molecule has 0 radical (unpaired) electrons. The Kier molecular flexibility index (Phi) is 4.22. The number of hydrogen-bond donors (Lipinski definition) is 1. The quantitative estimate of drug-likeness (QED) is 0.671. The van der Waals surface area contributed by atoms with Crippen LogP contribution in [0.2, 0.25) is 0 Å². The normalized spacial score (nSPS) is 10.2. The second-order valence-electron chi connectivity index (χ2n) is 4.02. The van der Waals surface area contributed by atoms with Gasteiger partial charge in [0, 0.05) is 0 Å². The second-order valence-corrected chi connectivity index (χ2v) is 4.02. The highest BCUT2D eigenvalue weighted by Gasteiger charge is 2.21. The third kappa shape index (κ3) is 2.86. The summed E-state index contributed by atoms with van der Waals surface area (Å²) in [4.78, 5) is 35.2. The molecule has 0 aliphatic carbocycles. The van der Waals surface area contributed by atoms with Gasteiger partial charge in [0.25, 0.3) is 5.43 Å². The summed E-state index contributed by atoms with van der Waals surface area (Å²) < 4.78 is 14.3. The number of carbonyl (C=O) groups excluding carboxylic acids is 1. The van der Waals surface area contributed by atoms with Crippen molar-refractivity contribution in [1.82, 2.24) is 5.16 Å². The molecule has 0 aliphatic heterocycles. The molecule has 0 bridgehead atoms. The summed E-state index contributed by atoms with van der Waals surface area (Å²) in [6, 6.07) is 6.34. The first-order valence-corrected chi connectivity index (χ1v) is 6.15. The molecule has 0 saturated carbocycles. The minimum Gasteiger partial charge on any atom is -0.497 e. The van der Waals surface area contributed by atoms with E-state index in [1.165, 1.54) is 7.11 Å². The molecule has 0 amide bonds. The lowest BCUT2D eigenvalue weighted by molar-refractivity contribution is 0.0510. The fourth-order valence-electron chi connectivity index (χ4n) is 1.79. The maximum atomic E-state index is 12.0. The number of aromatic nitrogens is 1. The van der Waals surface area contributed by atoms with Gasteiger partial charge in [-0.05, 0) is 24.6 Å². The van der Waals surface area contributed by atoms with Gasteiger partial charge < -0.3 is 14.0 Å². The Morgan fingerprint density at radius 2 is 1.90 bits per heavy atom. The lowest BCUT2D eigenvalue weighted by atomic mass is 10.0. The minimum atomic E-state index is -1.09. The van der Waals surface area contributed by atoms with Crippen LogP contribution >= 0.6 is 0 Å². The van der Waals surface area contributed by atoms with E-state index in [9.17, 15) is 14.4 Å². The molecule has 2 aromatic rings. The van der Waals surface area contributed by atoms with Crippen molar-refractivity contribution < 1.29 is 18.8 Å². The molecular weight excluding hydrogens is 278 g/mol. The fraction of sp³-hybridized carbons (Fsp3) is 0.214. The largest absolute Gasteiger partial charge is 0.497 e. The summed E-state index contributed by atoms with van der Waals surface area (Å²) in [6.07, 6.45) is 0. The molecule has 0 spiro atoms. The number of ether oxygens (including phenoxy) is 2. The van der Waals surface area contributed by atoms with E-state index >= 15 is 0 Å². The van der Waals surface area contributed by atoms with Crippen molar-refractivity contribution in [3.63, 3.8) is 0 Å². The Balaban J connectivity index is 2.64. The zero-order valence-electron chi connectivity index (χ0n) is 11.5. The summed E-state index contributed by atoms with van der Waals surface area (Å²) in [5, 5.41) is 2.16. The predicted molar refractivity (Wildman–Crippen MR) is 73.5 cm³/mol. The molecule has 0 fully saturated rings. The number of carbonyl (C=O) groups is 1. The Bertz CT molecular complexity index is 756. The van der Waals surface area contributed by atoms with Gasteiger partial charge in [0.05, 0.1) is 19.3 Å². The number of nitrogens with one attached hydrogen (secondary N) is 1. The van der Waals surface area contributed by atoms with E-state index in [4.69, 9.17) is 9.47 Å². The second kappa shape index (κ2) is 6.08. The number of aromatic amines is 1. The molecule has 1 aromatic heterocycles. The van der Waals surface area contributed by atoms with Crippen LogP contribution in [-0.2, 0) is 4.74 Å². The Morgan fingerprint density at radius 1 is 1.24 bits per heavy atom. The highest BCUT2D eigenvalue weighted by molar-refractivity contribution is 5.94. The highest BCUT2D eigenvalue weighted by Crippen LogP contribution is 2.21. The summed E-state index contributed by atoms with van der Waals surface area (Å²) in [5.74, 6) is -0.194. The van der Waals surface area contributed by atoms with Gasteiger partial charge in [-0.1, -0.05) is 12.1 Å². The molecule has 1 heterocycles. The molecule has 0 aliphatic rings. The Morgan fingerprint density at radius 3 is 2.48 bits per heavy atom. The SMILES string of the molecule is CCOC(=O)c1[nH]oc(=O)c(=O)c1-c1ccc(OC)cc1. The van der Waals surface area contributed by atoms with E-state index in [0.29, 0.717) is 11.3 Å².